The van der Waals surface area contributed by atoms with E-state index in [9.17, 15) is 4.79 Å². The van der Waals surface area contributed by atoms with Gasteiger partial charge in [-0.2, -0.15) is 0 Å². The van der Waals surface area contributed by atoms with Crippen molar-refractivity contribution < 1.29 is 9.53 Å². The Morgan fingerprint density at radius 3 is 3.00 bits per heavy atom. The molecule has 0 unspecified atom stereocenters. The number of carbonyl (C=O) groups is 1. The third-order valence-corrected chi connectivity index (χ3v) is 4.41. The van der Waals surface area contributed by atoms with E-state index in [1.807, 2.05) is 18.0 Å². The van der Waals surface area contributed by atoms with Crippen LogP contribution in [0.4, 0.5) is 4.79 Å². The Morgan fingerprint density at radius 1 is 1.59 bits per heavy atom. The first kappa shape index (κ1) is 16.8. The van der Waals surface area contributed by atoms with Crippen molar-refractivity contribution in [2.24, 2.45) is 5.92 Å². The molecule has 1 aromatic rings. The molecular weight excluding hydrogens is 280 g/mol. The van der Waals surface area contributed by atoms with Crippen molar-refractivity contribution in [2.45, 2.75) is 46.3 Å². The number of aromatic nitrogens is 2. The first-order valence-electron chi connectivity index (χ1n) is 8.08. The van der Waals surface area contributed by atoms with E-state index in [1.165, 1.54) is 0 Å². The fourth-order valence-corrected chi connectivity index (χ4v) is 2.69. The van der Waals surface area contributed by atoms with Crippen molar-refractivity contribution in [3.8, 4) is 0 Å². The number of aryl methyl sites for hydroxylation is 1. The molecule has 2 heterocycles. The summed E-state index contributed by atoms with van der Waals surface area (Å²) in [4.78, 5) is 18.4. The number of hydrogen-bond donors (Lipinski definition) is 1. The molecule has 0 bridgehead atoms. The van der Waals surface area contributed by atoms with Gasteiger partial charge >= 0.3 is 6.03 Å². The molecule has 1 aromatic heterocycles. The Labute approximate surface area is 132 Å². The van der Waals surface area contributed by atoms with Crippen LogP contribution < -0.4 is 5.32 Å². The summed E-state index contributed by atoms with van der Waals surface area (Å²) in [6.07, 6.45) is 4.69. The monoisotopic (exact) mass is 308 g/mol. The van der Waals surface area contributed by atoms with Crippen LogP contribution in [0.1, 0.15) is 33.0 Å². The van der Waals surface area contributed by atoms with E-state index in [1.54, 1.807) is 6.20 Å². The number of nitrogens with zero attached hydrogens (tertiary/aromatic N) is 3. The standard InChI is InChI=1S/C16H28N4O2/c1-5-16(4)12-20(8-9-22-16)15(21)18-10-13(2)11-19-7-6-17-14(19)3/h6-7,13H,5,8-12H2,1-4H3,(H,18,21)/t13-,16+/m1/s1. The van der Waals surface area contributed by atoms with Gasteiger partial charge in [0.2, 0.25) is 0 Å². The summed E-state index contributed by atoms with van der Waals surface area (Å²) in [5.41, 5.74) is -0.213. The molecule has 1 aliphatic heterocycles. The zero-order valence-corrected chi connectivity index (χ0v) is 14.1. The first-order valence-corrected chi connectivity index (χ1v) is 8.08. The highest BCUT2D eigenvalue weighted by Crippen LogP contribution is 2.20. The van der Waals surface area contributed by atoms with Gasteiger partial charge in [-0.1, -0.05) is 13.8 Å². The molecule has 0 aliphatic carbocycles. The molecule has 6 heteroatoms. The number of imidazole rings is 1. The number of urea groups is 1. The fraction of sp³-hybridized carbons (Fsp3) is 0.750. The quantitative estimate of drug-likeness (QED) is 0.905. The van der Waals surface area contributed by atoms with Crippen molar-refractivity contribution in [1.29, 1.82) is 0 Å². The molecule has 1 fully saturated rings. The Balaban J connectivity index is 1.78. The second-order valence-electron chi connectivity index (χ2n) is 6.49. The van der Waals surface area contributed by atoms with Gasteiger partial charge in [0.15, 0.2) is 0 Å². The van der Waals surface area contributed by atoms with Gasteiger partial charge in [0.05, 0.1) is 18.8 Å². The summed E-state index contributed by atoms with van der Waals surface area (Å²) in [5.74, 6) is 1.36. The average Bonchev–Trinajstić information content (AvgIpc) is 2.90. The molecule has 22 heavy (non-hydrogen) atoms. The Morgan fingerprint density at radius 2 is 2.36 bits per heavy atom. The Kier molecular flexibility index (Phi) is 5.45. The van der Waals surface area contributed by atoms with E-state index in [2.05, 4.69) is 35.6 Å². The van der Waals surface area contributed by atoms with Gasteiger partial charge in [0.1, 0.15) is 5.82 Å². The van der Waals surface area contributed by atoms with Crippen molar-refractivity contribution in [2.75, 3.05) is 26.2 Å². The SMILES string of the molecule is CC[C@@]1(C)CN(C(=O)NC[C@@H](C)Cn2ccnc2C)CCO1. The normalized spacial score (nSPS) is 23.4. The van der Waals surface area contributed by atoms with Crippen LogP contribution in [0.3, 0.4) is 0 Å². The van der Waals surface area contributed by atoms with E-state index >= 15 is 0 Å². The molecule has 0 aromatic carbocycles. The molecular formula is C16H28N4O2. The number of rotatable bonds is 5. The van der Waals surface area contributed by atoms with Gasteiger partial charge in [-0.05, 0) is 26.2 Å². The maximum Gasteiger partial charge on any atom is 0.317 e. The first-order chi connectivity index (χ1) is 10.4. The number of hydrogen-bond acceptors (Lipinski definition) is 3. The largest absolute Gasteiger partial charge is 0.372 e. The molecule has 2 amide bonds. The van der Waals surface area contributed by atoms with Crippen LogP contribution in [0.5, 0.6) is 0 Å². The summed E-state index contributed by atoms with van der Waals surface area (Å²) >= 11 is 0. The smallest absolute Gasteiger partial charge is 0.317 e. The average molecular weight is 308 g/mol. The van der Waals surface area contributed by atoms with Crippen molar-refractivity contribution in [1.82, 2.24) is 19.8 Å². The van der Waals surface area contributed by atoms with E-state index in [0.29, 0.717) is 32.2 Å². The minimum Gasteiger partial charge on any atom is -0.372 e. The number of amides is 2. The predicted molar refractivity (Wildman–Crippen MR) is 85.7 cm³/mol. The van der Waals surface area contributed by atoms with Crippen LogP contribution in [0, 0.1) is 12.8 Å². The molecule has 1 aliphatic rings. The summed E-state index contributed by atoms with van der Waals surface area (Å²) in [7, 11) is 0. The van der Waals surface area contributed by atoms with Crippen LogP contribution in [-0.4, -0.2) is 52.3 Å². The highest BCUT2D eigenvalue weighted by atomic mass is 16.5. The molecule has 1 N–H and O–H groups in total. The maximum atomic E-state index is 12.3. The lowest BCUT2D eigenvalue weighted by atomic mass is 10.0. The molecule has 1 saturated heterocycles. The third kappa shape index (κ3) is 4.22. The maximum absolute atomic E-state index is 12.3. The number of carbonyl (C=O) groups excluding carboxylic acids is 1. The number of ether oxygens (including phenoxy) is 1. The molecule has 0 saturated carbocycles. The third-order valence-electron chi connectivity index (χ3n) is 4.41. The minimum absolute atomic E-state index is 0.0113. The number of nitrogens with one attached hydrogen (secondary N) is 1. The van der Waals surface area contributed by atoms with E-state index in [4.69, 9.17) is 4.74 Å². The second kappa shape index (κ2) is 7.13. The molecule has 124 valence electrons. The van der Waals surface area contributed by atoms with E-state index < -0.39 is 0 Å². The summed E-state index contributed by atoms with van der Waals surface area (Å²) < 4.78 is 7.88. The zero-order valence-electron chi connectivity index (χ0n) is 14.1. The summed E-state index contributed by atoms with van der Waals surface area (Å²) in [5, 5.41) is 3.04. The highest BCUT2D eigenvalue weighted by molar-refractivity contribution is 5.74. The van der Waals surface area contributed by atoms with Crippen molar-refractivity contribution in [3.05, 3.63) is 18.2 Å². The van der Waals surface area contributed by atoms with Gasteiger partial charge in [-0.3, -0.25) is 0 Å². The van der Waals surface area contributed by atoms with Gasteiger partial charge < -0.3 is 19.5 Å². The minimum atomic E-state index is -0.213. The van der Waals surface area contributed by atoms with Crippen molar-refractivity contribution >= 4 is 6.03 Å². The highest BCUT2D eigenvalue weighted by Gasteiger charge is 2.32. The van der Waals surface area contributed by atoms with Gasteiger partial charge in [-0.25, -0.2) is 9.78 Å². The number of morpholine rings is 1. The van der Waals surface area contributed by atoms with Crippen LogP contribution in [-0.2, 0) is 11.3 Å². The summed E-state index contributed by atoms with van der Waals surface area (Å²) in [6.45, 7) is 11.7. The van der Waals surface area contributed by atoms with Crippen molar-refractivity contribution in [3.63, 3.8) is 0 Å². The Bertz CT molecular complexity index is 502. The van der Waals surface area contributed by atoms with Crippen LogP contribution in [0.25, 0.3) is 0 Å². The fourth-order valence-electron chi connectivity index (χ4n) is 2.69. The lowest BCUT2D eigenvalue weighted by molar-refractivity contribution is -0.0873. The lowest BCUT2D eigenvalue weighted by Gasteiger charge is -2.40. The van der Waals surface area contributed by atoms with Crippen LogP contribution >= 0.6 is 0 Å². The summed E-state index contributed by atoms with van der Waals surface area (Å²) in [6, 6.07) is 0.0113. The van der Waals surface area contributed by atoms with Crippen LogP contribution in [0.2, 0.25) is 0 Å². The predicted octanol–water partition coefficient (Wildman–Crippen LogP) is 2.04. The van der Waals surface area contributed by atoms with E-state index in [0.717, 1.165) is 18.8 Å². The molecule has 0 radical (unpaired) electrons. The van der Waals surface area contributed by atoms with Gasteiger partial charge in [0.25, 0.3) is 0 Å². The molecule has 6 nitrogen and oxygen atoms in total. The van der Waals surface area contributed by atoms with Gasteiger partial charge in [-0.15, -0.1) is 0 Å². The molecule has 2 atom stereocenters. The Hall–Kier alpha value is -1.56. The zero-order chi connectivity index (χ0) is 16.2. The van der Waals surface area contributed by atoms with Crippen LogP contribution in [0.15, 0.2) is 12.4 Å². The molecule has 2 rings (SSSR count). The lowest BCUT2D eigenvalue weighted by Crippen LogP contribution is -2.54. The second-order valence-corrected chi connectivity index (χ2v) is 6.49. The topological polar surface area (TPSA) is 59.4 Å². The molecule has 0 spiro atoms. The van der Waals surface area contributed by atoms with E-state index in [-0.39, 0.29) is 11.6 Å². The van der Waals surface area contributed by atoms with Gasteiger partial charge in [0, 0.05) is 32.0 Å².